The predicted molar refractivity (Wildman–Crippen MR) is 54.0 cm³/mol. The van der Waals surface area contributed by atoms with E-state index in [4.69, 9.17) is 0 Å². The number of nitrogens with one attached hydrogen (secondary N) is 1. The maximum Gasteiger partial charge on any atom is 0.254 e. The first-order chi connectivity index (χ1) is 6.65. The van der Waals surface area contributed by atoms with Crippen LogP contribution in [0.4, 0.5) is 0 Å². The molecule has 0 aliphatic heterocycles. The fourth-order valence-electron chi connectivity index (χ4n) is 1.02. The van der Waals surface area contributed by atoms with Crippen molar-refractivity contribution in [2.24, 2.45) is 0 Å². The van der Waals surface area contributed by atoms with E-state index in [1.165, 1.54) is 6.33 Å². The van der Waals surface area contributed by atoms with Crippen molar-refractivity contribution in [1.82, 2.24) is 15.3 Å². The van der Waals surface area contributed by atoms with Gasteiger partial charge in [-0.3, -0.25) is 4.79 Å². The first kappa shape index (κ1) is 10.6. The van der Waals surface area contributed by atoms with Crippen molar-refractivity contribution in [2.45, 2.75) is 33.2 Å². The summed E-state index contributed by atoms with van der Waals surface area (Å²) in [6, 6.07) is 0.183. The third-order valence-electron chi connectivity index (χ3n) is 2.15. The van der Waals surface area contributed by atoms with Crippen LogP contribution in [-0.2, 0) is 0 Å². The molecule has 0 fully saturated rings. The number of nitrogens with zero attached hydrogens (tertiary/aromatic N) is 2. The van der Waals surface area contributed by atoms with Gasteiger partial charge < -0.3 is 5.32 Å². The number of aromatic nitrogens is 2. The Morgan fingerprint density at radius 1 is 1.64 bits per heavy atom. The highest BCUT2D eigenvalue weighted by Crippen LogP contribution is 2.02. The summed E-state index contributed by atoms with van der Waals surface area (Å²) in [6.45, 7) is 5.80. The van der Waals surface area contributed by atoms with Crippen molar-refractivity contribution in [2.75, 3.05) is 0 Å². The van der Waals surface area contributed by atoms with Gasteiger partial charge in [0.2, 0.25) is 0 Å². The second kappa shape index (κ2) is 4.69. The van der Waals surface area contributed by atoms with Crippen molar-refractivity contribution in [1.29, 1.82) is 0 Å². The fourth-order valence-corrected chi connectivity index (χ4v) is 1.02. The van der Waals surface area contributed by atoms with Crippen LogP contribution in [0.25, 0.3) is 0 Å². The molecule has 0 saturated carbocycles. The minimum atomic E-state index is -0.0996. The molecule has 0 aliphatic rings. The van der Waals surface area contributed by atoms with E-state index in [1.54, 1.807) is 13.1 Å². The number of hydrogen-bond acceptors (Lipinski definition) is 3. The standard InChI is InChI=1S/C10H15N3O/c1-4-7(2)13-10(14)9-5-11-6-12-8(9)3/h5-7H,4H2,1-3H3,(H,13,14). The maximum absolute atomic E-state index is 11.6. The van der Waals surface area contributed by atoms with Crippen molar-refractivity contribution in [3.63, 3.8) is 0 Å². The molecule has 1 rings (SSSR count). The van der Waals surface area contributed by atoms with Gasteiger partial charge >= 0.3 is 0 Å². The van der Waals surface area contributed by atoms with Crippen LogP contribution in [0.15, 0.2) is 12.5 Å². The van der Waals surface area contributed by atoms with Gasteiger partial charge in [0.05, 0.1) is 11.3 Å². The Morgan fingerprint density at radius 2 is 2.36 bits per heavy atom. The normalized spacial score (nSPS) is 12.2. The van der Waals surface area contributed by atoms with E-state index in [-0.39, 0.29) is 11.9 Å². The monoisotopic (exact) mass is 193 g/mol. The van der Waals surface area contributed by atoms with Crippen LogP contribution in [0.2, 0.25) is 0 Å². The summed E-state index contributed by atoms with van der Waals surface area (Å²) in [5.74, 6) is -0.0996. The zero-order valence-electron chi connectivity index (χ0n) is 8.74. The molecule has 0 aliphatic carbocycles. The minimum absolute atomic E-state index is 0.0996. The van der Waals surface area contributed by atoms with E-state index < -0.39 is 0 Å². The molecular weight excluding hydrogens is 178 g/mol. The molecule has 0 spiro atoms. The number of carbonyl (C=O) groups is 1. The van der Waals surface area contributed by atoms with Gasteiger partial charge in [-0.1, -0.05) is 6.92 Å². The summed E-state index contributed by atoms with van der Waals surface area (Å²) < 4.78 is 0. The quantitative estimate of drug-likeness (QED) is 0.787. The Hall–Kier alpha value is -1.45. The molecule has 4 heteroatoms. The second-order valence-corrected chi connectivity index (χ2v) is 3.30. The van der Waals surface area contributed by atoms with Gasteiger partial charge in [-0.15, -0.1) is 0 Å². The third-order valence-corrected chi connectivity index (χ3v) is 2.15. The Balaban J connectivity index is 2.75. The SMILES string of the molecule is CCC(C)NC(=O)c1cncnc1C. The molecule has 0 bridgehead atoms. The number of rotatable bonds is 3. The van der Waals surface area contributed by atoms with Crippen molar-refractivity contribution in [3.8, 4) is 0 Å². The summed E-state index contributed by atoms with van der Waals surface area (Å²) in [5.41, 5.74) is 1.26. The van der Waals surface area contributed by atoms with Gasteiger partial charge in [-0.2, -0.15) is 0 Å². The number of carbonyl (C=O) groups excluding carboxylic acids is 1. The summed E-state index contributed by atoms with van der Waals surface area (Å²) in [5, 5.41) is 2.87. The number of amides is 1. The van der Waals surface area contributed by atoms with Crippen molar-refractivity contribution in [3.05, 3.63) is 23.8 Å². The molecule has 1 heterocycles. The molecule has 1 atom stereocenters. The Labute approximate surface area is 83.8 Å². The molecule has 0 radical (unpaired) electrons. The first-order valence-electron chi connectivity index (χ1n) is 4.72. The van der Waals surface area contributed by atoms with Gasteiger partial charge in [0.15, 0.2) is 0 Å². The van der Waals surface area contributed by atoms with E-state index in [9.17, 15) is 4.79 Å². The van der Waals surface area contributed by atoms with Crippen molar-refractivity contribution >= 4 is 5.91 Å². The van der Waals surface area contributed by atoms with E-state index in [0.717, 1.165) is 6.42 Å². The molecule has 0 saturated heterocycles. The maximum atomic E-state index is 11.6. The smallest absolute Gasteiger partial charge is 0.254 e. The summed E-state index contributed by atoms with van der Waals surface area (Å²) in [4.78, 5) is 19.4. The Morgan fingerprint density at radius 3 is 2.93 bits per heavy atom. The molecule has 1 aromatic rings. The third kappa shape index (κ3) is 2.52. The highest BCUT2D eigenvalue weighted by atomic mass is 16.1. The van der Waals surface area contributed by atoms with E-state index in [0.29, 0.717) is 11.3 Å². The average Bonchev–Trinajstić information content (AvgIpc) is 2.18. The van der Waals surface area contributed by atoms with E-state index in [1.807, 2.05) is 13.8 Å². The molecule has 0 aromatic carbocycles. The van der Waals surface area contributed by atoms with Gasteiger partial charge in [0.25, 0.3) is 5.91 Å². The largest absolute Gasteiger partial charge is 0.349 e. The Kier molecular flexibility index (Phi) is 3.56. The molecule has 1 aromatic heterocycles. The molecule has 1 unspecified atom stereocenters. The molecular formula is C10H15N3O. The summed E-state index contributed by atoms with van der Waals surface area (Å²) >= 11 is 0. The van der Waals surface area contributed by atoms with Crippen molar-refractivity contribution < 1.29 is 4.79 Å². The van der Waals surface area contributed by atoms with Gasteiger partial charge in [0, 0.05) is 12.2 Å². The summed E-state index contributed by atoms with van der Waals surface area (Å²) in [6.07, 6.45) is 3.90. The first-order valence-corrected chi connectivity index (χ1v) is 4.72. The lowest BCUT2D eigenvalue weighted by Gasteiger charge is -2.11. The average molecular weight is 193 g/mol. The molecule has 76 valence electrons. The van der Waals surface area contributed by atoms with Crippen LogP contribution < -0.4 is 5.32 Å². The number of aryl methyl sites for hydroxylation is 1. The Bertz CT molecular complexity index is 325. The lowest BCUT2D eigenvalue weighted by atomic mass is 10.2. The van der Waals surface area contributed by atoms with Crippen LogP contribution in [-0.4, -0.2) is 21.9 Å². The van der Waals surface area contributed by atoms with Gasteiger partial charge in [-0.05, 0) is 20.3 Å². The van der Waals surface area contributed by atoms with Crippen LogP contribution in [0.1, 0.15) is 36.3 Å². The zero-order valence-corrected chi connectivity index (χ0v) is 8.74. The fraction of sp³-hybridized carbons (Fsp3) is 0.500. The highest BCUT2D eigenvalue weighted by molar-refractivity contribution is 5.94. The van der Waals surface area contributed by atoms with E-state index >= 15 is 0 Å². The van der Waals surface area contributed by atoms with Crippen LogP contribution in [0.5, 0.6) is 0 Å². The zero-order chi connectivity index (χ0) is 10.6. The lowest BCUT2D eigenvalue weighted by molar-refractivity contribution is 0.0938. The van der Waals surface area contributed by atoms with Crippen LogP contribution in [0, 0.1) is 6.92 Å². The van der Waals surface area contributed by atoms with Gasteiger partial charge in [-0.25, -0.2) is 9.97 Å². The molecule has 1 amide bonds. The summed E-state index contributed by atoms with van der Waals surface area (Å²) in [7, 11) is 0. The minimum Gasteiger partial charge on any atom is -0.349 e. The topological polar surface area (TPSA) is 54.9 Å². The molecule has 14 heavy (non-hydrogen) atoms. The lowest BCUT2D eigenvalue weighted by Crippen LogP contribution is -2.32. The van der Waals surface area contributed by atoms with E-state index in [2.05, 4.69) is 15.3 Å². The van der Waals surface area contributed by atoms with Crippen LogP contribution >= 0.6 is 0 Å². The second-order valence-electron chi connectivity index (χ2n) is 3.30. The highest BCUT2D eigenvalue weighted by Gasteiger charge is 2.11. The number of hydrogen-bond donors (Lipinski definition) is 1. The van der Waals surface area contributed by atoms with Gasteiger partial charge in [0.1, 0.15) is 6.33 Å². The predicted octanol–water partition coefficient (Wildman–Crippen LogP) is 1.31. The molecule has 4 nitrogen and oxygen atoms in total. The molecule has 1 N–H and O–H groups in total. The van der Waals surface area contributed by atoms with Crippen LogP contribution in [0.3, 0.4) is 0 Å².